The monoisotopic (exact) mass is 317 g/mol. The van der Waals surface area contributed by atoms with E-state index < -0.39 is 0 Å². The maximum atomic E-state index is 11.4. The Labute approximate surface area is 134 Å². The summed E-state index contributed by atoms with van der Waals surface area (Å²) in [5.74, 6) is 0.844. The lowest BCUT2D eigenvalue weighted by Gasteiger charge is -2.16. The SMILES string of the molecule is COC(=O)CSc1cc(NC2CC2)c2ccccc2c1OC. The van der Waals surface area contributed by atoms with Crippen molar-refractivity contribution < 1.29 is 14.3 Å². The molecule has 0 bridgehead atoms. The van der Waals surface area contributed by atoms with Crippen molar-refractivity contribution in [2.75, 3.05) is 25.3 Å². The van der Waals surface area contributed by atoms with E-state index in [-0.39, 0.29) is 11.7 Å². The van der Waals surface area contributed by atoms with E-state index in [9.17, 15) is 4.79 Å². The van der Waals surface area contributed by atoms with Crippen LogP contribution in [0.15, 0.2) is 35.2 Å². The van der Waals surface area contributed by atoms with Gasteiger partial charge in [-0.15, -0.1) is 11.8 Å². The summed E-state index contributed by atoms with van der Waals surface area (Å²) in [4.78, 5) is 12.4. The number of rotatable bonds is 6. The highest BCUT2D eigenvalue weighted by Gasteiger charge is 2.23. The predicted molar refractivity (Wildman–Crippen MR) is 89.9 cm³/mol. The first-order valence-electron chi connectivity index (χ1n) is 7.29. The first-order chi connectivity index (χ1) is 10.7. The molecule has 1 fully saturated rings. The molecule has 1 saturated carbocycles. The Morgan fingerprint density at radius 2 is 2.00 bits per heavy atom. The number of carbonyl (C=O) groups is 1. The van der Waals surface area contributed by atoms with Crippen molar-refractivity contribution in [1.82, 2.24) is 0 Å². The largest absolute Gasteiger partial charge is 0.495 e. The molecule has 0 aliphatic heterocycles. The molecule has 5 heteroatoms. The summed E-state index contributed by atoms with van der Waals surface area (Å²) in [6, 6.07) is 10.8. The number of methoxy groups -OCH3 is 2. The van der Waals surface area contributed by atoms with Gasteiger partial charge in [0, 0.05) is 22.5 Å². The lowest BCUT2D eigenvalue weighted by atomic mass is 10.1. The molecule has 2 aromatic carbocycles. The van der Waals surface area contributed by atoms with Crippen molar-refractivity contribution in [3.63, 3.8) is 0 Å². The van der Waals surface area contributed by atoms with Gasteiger partial charge in [0.25, 0.3) is 0 Å². The fraction of sp³-hybridized carbons (Fsp3) is 0.353. The number of nitrogens with one attached hydrogen (secondary N) is 1. The summed E-state index contributed by atoms with van der Waals surface area (Å²) in [5.41, 5.74) is 1.10. The van der Waals surface area contributed by atoms with E-state index >= 15 is 0 Å². The molecule has 1 N–H and O–H groups in total. The van der Waals surface area contributed by atoms with E-state index in [1.165, 1.54) is 31.7 Å². The number of fused-ring (bicyclic) bond motifs is 1. The summed E-state index contributed by atoms with van der Waals surface area (Å²) in [6.45, 7) is 0. The third kappa shape index (κ3) is 3.14. The van der Waals surface area contributed by atoms with Crippen molar-refractivity contribution in [3.8, 4) is 5.75 Å². The van der Waals surface area contributed by atoms with Crippen molar-refractivity contribution in [2.24, 2.45) is 0 Å². The minimum atomic E-state index is -0.239. The average molecular weight is 317 g/mol. The molecule has 0 radical (unpaired) electrons. The number of thioether (sulfide) groups is 1. The van der Waals surface area contributed by atoms with Gasteiger partial charge in [0.15, 0.2) is 0 Å². The highest BCUT2D eigenvalue weighted by atomic mass is 32.2. The Balaban J connectivity index is 2.02. The van der Waals surface area contributed by atoms with Crippen LogP contribution in [0.3, 0.4) is 0 Å². The molecule has 0 unspecified atom stereocenters. The van der Waals surface area contributed by atoms with E-state index in [0.717, 1.165) is 27.1 Å². The highest BCUT2D eigenvalue weighted by molar-refractivity contribution is 8.00. The normalized spacial score (nSPS) is 13.9. The molecule has 4 nitrogen and oxygen atoms in total. The molecule has 116 valence electrons. The van der Waals surface area contributed by atoms with E-state index in [1.807, 2.05) is 12.1 Å². The zero-order valence-corrected chi connectivity index (χ0v) is 13.5. The fourth-order valence-electron chi connectivity index (χ4n) is 2.40. The van der Waals surface area contributed by atoms with Gasteiger partial charge in [-0.1, -0.05) is 24.3 Å². The van der Waals surface area contributed by atoms with Crippen molar-refractivity contribution >= 4 is 34.2 Å². The van der Waals surface area contributed by atoms with Crippen LogP contribution in [-0.4, -0.2) is 32.0 Å². The fourth-order valence-corrected chi connectivity index (χ4v) is 3.32. The van der Waals surface area contributed by atoms with Crippen LogP contribution < -0.4 is 10.1 Å². The Hall–Kier alpha value is -1.88. The van der Waals surface area contributed by atoms with Gasteiger partial charge in [-0.05, 0) is 18.9 Å². The second kappa shape index (κ2) is 6.48. The van der Waals surface area contributed by atoms with Crippen LogP contribution in [0.1, 0.15) is 12.8 Å². The third-order valence-corrected chi connectivity index (χ3v) is 4.67. The quantitative estimate of drug-likeness (QED) is 0.650. The van der Waals surface area contributed by atoms with Gasteiger partial charge in [-0.3, -0.25) is 4.79 Å². The first-order valence-corrected chi connectivity index (χ1v) is 8.27. The van der Waals surface area contributed by atoms with Gasteiger partial charge in [-0.2, -0.15) is 0 Å². The molecular weight excluding hydrogens is 298 g/mol. The summed E-state index contributed by atoms with van der Waals surface area (Å²) < 4.78 is 10.3. The number of carbonyl (C=O) groups excluding carboxylic acids is 1. The zero-order chi connectivity index (χ0) is 15.5. The van der Waals surface area contributed by atoms with Crippen LogP contribution in [0, 0.1) is 0 Å². The number of hydrogen-bond donors (Lipinski definition) is 1. The Bertz CT molecular complexity index is 698. The lowest BCUT2D eigenvalue weighted by Crippen LogP contribution is -2.05. The molecule has 1 aliphatic rings. The molecule has 22 heavy (non-hydrogen) atoms. The number of hydrogen-bond acceptors (Lipinski definition) is 5. The van der Waals surface area contributed by atoms with Crippen molar-refractivity contribution in [3.05, 3.63) is 30.3 Å². The van der Waals surface area contributed by atoms with Crippen molar-refractivity contribution in [2.45, 2.75) is 23.8 Å². The molecule has 0 atom stereocenters. The second-order valence-corrected chi connectivity index (χ2v) is 6.30. The Kier molecular flexibility index (Phi) is 4.43. The molecule has 3 rings (SSSR count). The van der Waals surface area contributed by atoms with Gasteiger partial charge in [-0.25, -0.2) is 0 Å². The first kappa shape index (κ1) is 15.0. The van der Waals surface area contributed by atoms with Gasteiger partial charge < -0.3 is 14.8 Å². The second-order valence-electron chi connectivity index (χ2n) is 5.28. The van der Waals surface area contributed by atoms with Crippen LogP contribution >= 0.6 is 11.8 Å². The van der Waals surface area contributed by atoms with Gasteiger partial charge in [0.05, 0.1) is 24.9 Å². The van der Waals surface area contributed by atoms with E-state index in [1.54, 1.807) is 7.11 Å². The molecule has 0 saturated heterocycles. The maximum absolute atomic E-state index is 11.4. The van der Waals surface area contributed by atoms with Crippen LogP contribution in [0.4, 0.5) is 5.69 Å². The zero-order valence-electron chi connectivity index (χ0n) is 12.7. The average Bonchev–Trinajstić information content (AvgIpc) is 3.36. The van der Waals surface area contributed by atoms with Gasteiger partial charge >= 0.3 is 5.97 Å². The number of esters is 1. The standard InChI is InChI=1S/C17H19NO3S/c1-20-16(19)10-22-15-9-14(18-11-7-8-11)12-5-3-4-6-13(12)17(15)21-2/h3-6,9,11,18H,7-8,10H2,1-2H3. The van der Waals surface area contributed by atoms with Crippen LogP contribution in [-0.2, 0) is 9.53 Å². The maximum Gasteiger partial charge on any atom is 0.315 e. The topological polar surface area (TPSA) is 47.6 Å². The Morgan fingerprint density at radius 1 is 1.27 bits per heavy atom. The van der Waals surface area contributed by atoms with Gasteiger partial charge in [0.1, 0.15) is 5.75 Å². The van der Waals surface area contributed by atoms with Crippen LogP contribution in [0.2, 0.25) is 0 Å². The van der Waals surface area contributed by atoms with E-state index in [0.29, 0.717) is 6.04 Å². The number of anilines is 1. The highest BCUT2D eigenvalue weighted by Crippen LogP contribution is 2.41. The summed E-state index contributed by atoms with van der Waals surface area (Å²) in [6.07, 6.45) is 2.43. The Morgan fingerprint density at radius 3 is 2.64 bits per heavy atom. The molecule has 0 aromatic heterocycles. The molecular formula is C17H19NO3S. The molecule has 2 aromatic rings. The summed E-state index contributed by atoms with van der Waals surface area (Å²) in [7, 11) is 3.07. The minimum absolute atomic E-state index is 0.239. The summed E-state index contributed by atoms with van der Waals surface area (Å²) in [5, 5.41) is 5.77. The van der Waals surface area contributed by atoms with Crippen molar-refractivity contribution in [1.29, 1.82) is 0 Å². The molecule has 0 amide bonds. The molecule has 0 heterocycles. The smallest absolute Gasteiger partial charge is 0.315 e. The molecule has 1 aliphatic carbocycles. The number of benzene rings is 2. The number of ether oxygens (including phenoxy) is 2. The molecule has 0 spiro atoms. The van der Waals surface area contributed by atoms with Crippen LogP contribution in [0.5, 0.6) is 5.75 Å². The minimum Gasteiger partial charge on any atom is -0.495 e. The van der Waals surface area contributed by atoms with Crippen LogP contribution in [0.25, 0.3) is 10.8 Å². The van der Waals surface area contributed by atoms with E-state index in [4.69, 9.17) is 9.47 Å². The third-order valence-electron chi connectivity index (χ3n) is 3.68. The lowest BCUT2D eigenvalue weighted by molar-refractivity contribution is -0.137. The predicted octanol–water partition coefficient (Wildman–Crippen LogP) is 3.69. The van der Waals surface area contributed by atoms with E-state index in [2.05, 4.69) is 23.5 Å². The summed E-state index contributed by atoms with van der Waals surface area (Å²) >= 11 is 1.44. The van der Waals surface area contributed by atoms with Gasteiger partial charge in [0.2, 0.25) is 0 Å².